The van der Waals surface area contributed by atoms with E-state index in [0.29, 0.717) is 15.7 Å². The highest BCUT2D eigenvalue weighted by atomic mass is 32.1. The predicted octanol–water partition coefficient (Wildman–Crippen LogP) is 1.95. The van der Waals surface area contributed by atoms with E-state index in [9.17, 15) is 13.2 Å². The molecule has 0 spiro atoms. The van der Waals surface area contributed by atoms with Gasteiger partial charge >= 0.3 is 6.18 Å². The molecule has 92 valence electrons. The molecule has 0 radical (unpaired) electrons. The number of aromatic nitrogens is 1. The van der Waals surface area contributed by atoms with Crippen molar-refractivity contribution in [3.8, 4) is 0 Å². The number of alkyl halides is 3. The molecule has 1 aromatic heterocycles. The lowest BCUT2D eigenvalue weighted by Crippen LogP contribution is -2.39. The SMILES string of the molecule is Cc1nc(N(C)C)sc1CC(N)C(F)(F)F. The Balaban J connectivity index is 2.82. The van der Waals surface area contributed by atoms with Crippen LogP contribution in [-0.2, 0) is 6.42 Å². The predicted molar refractivity (Wildman–Crippen MR) is 58.9 cm³/mol. The normalized spacial score (nSPS) is 13.9. The van der Waals surface area contributed by atoms with Gasteiger partial charge in [0.15, 0.2) is 5.13 Å². The van der Waals surface area contributed by atoms with Crippen molar-refractivity contribution in [3.63, 3.8) is 0 Å². The number of nitrogens with zero attached hydrogens (tertiary/aromatic N) is 2. The molecule has 1 atom stereocenters. The molecular formula is C9H14F3N3S. The summed E-state index contributed by atoms with van der Waals surface area (Å²) in [7, 11) is 3.59. The van der Waals surface area contributed by atoms with E-state index in [1.807, 2.05) is 0 Å². The van der Waals surface area contributed by atoms with E-state index in [2.05, 4.69) is 4.98 Å². The van der Waals surface area contributed by atoms with Gasteiger partial charge in [-0.1, -0.05) is 0 Å². The van der Waals surface area contributed by atoms with E-state index in [4.69, 9.17) is 5.73 Å². The fraction of sp³-hybridized carbons (Fsp3) is 0.667. The highest BCUT2D eigenvalue weighted by molar-refractivity contribution is 7.15. The van der Waals surface area contributed by atoms with Crippen molar-refractivity contribution >= 4 is 16.5 Å². The number of hydrogen-bond acceptors (Lipinski definition) is 4. The zero-order valence-corrected chi connectivity index (χ0v) is 10.1. The summed E-state index contributed by atoms with van der Waals surface area (Å²) in [4.78, 5) is 6.52. The topological polar surface area (TPSA) is 42.2 Å². The first-order valence-corrected chi connectivity index (χ1v) is 5.49. The Morgan fingerprint density at radius 1 is 1.44 bits per heavy atom. The van der Waals surface area contributed by atoms with Gasteiger partial charge in [-0.25, -0.2) is 4.98 Å². The summed E-state index contributed by atoms with van der Waals surface area (Å²) >= 11 is 1.25. The maximum atomic E-state index is 12.3. The first kappa shape index (κ1) is 13.2. The van der Waals surface area contributed by atoms with Gasteiger partial charge in [-0.2, -0.15) is 13.2 Å². The molecule has 3 nitrogen and oxygen atoms in total. The second-order valence-corrected chi connectivity index (χ2v) is 4.81. The molecule has 1 heterocycles. The number of hydrogen-bond donors (Lipinski definition) is 1. The second kappa shape index (κ2) is 4.58. The molecule has 0 aliphatic rings. The quantitative estimate of drug-likeness (QED) is 0.895. The van der Waals surface area contributed by atoms with Crippen molar-refractivity contribution in [2.24, 2.45) is 5.73 Å². The van der Waals surface area contributed by atoms with Crippen LogP contribution in [0.2, 0.25) is 0 Å². The molecule has 1 unspecified atom stereocenters. The van der Waals surface area contributed by atoms with E-state index in [1.165, 1.54) is 11.3 Å². The van der Waals surface area contributed by atoms with Gasteiger partial charge in [-0.15, -0.1) is 11.3 Å². The summed E-state index contributed by atoms with van der Waals surface area (Å²) in [5, 5.41) is 0.696. The number of anilines is 1. The van der Waals surface area contributed by atoms with Crippen LogP contribution in [-0.4, -0.2) is 31.3 Å². The smallest absolute Gasteiger partial charge is 0.354 e. The van der Waals surface area contributed by atoms with Crippen LogP contribution >= 0.6 is 11.3 Å². The average molecular weight is 253 g/mol. The summed E-state index contributed by atoms with van der Waals surface area (Å²) in [6.45, 7) is 1.70. The van der Waals surface area contributed by atoms with Gasteiger partial charge in [-0.3, -0.25) is 0 Å². The maximum absolute atomic E-state index is 12.3. The van der Waals surface area contributed by atoms with Gasteiger partial charge in [0.05, 0.1) is 5.69 Å². The number of aryl methyl sites for hydroxylation is 1. The molecule has 0 saturated carbocycles. The van der Waals surface area contributed by atoms with Crippen molar-refractivity contribution in [2.45, 2.75) is 25.6 Å². The van der Waals surface area contributed by atoms with E-state index in [-0.39, 0.29) is 6.42 Å². The minimum absolute atomic E-state index is 0.208. The highest BCUT2D eigenvalue weighted by Crippen LogP contribution is 2.28. The van der Waals surface area contributed by atoms with Crippen LogP contribution in [0.25, 0.3) is 0 Å². The second-order valence-electron chi connectivity index (χ2n) is 3.75. The molecule has 1 rings (SSSR count). The van der Waals surface area contributed by atoms with E-state index in [1.54, 1.807) is 25.9 Å². The van der Waals surface area contributed by atoms with Crippen LogP contribution in [0.15, 0.2) is 0 Å². The zero-order chi connectivity index (χ0) is 12.5. The minimum atomic E-state index is -4.35. The molecule has 16 heavy (non-hydrogen) atoms. The molecule has 1 aromatic rings. The summed E-state index contributed by atoms with van der Waals surface area (Å²) < 4.78 is 36.8. The van der Waals surface area contributed by atoms with Crippen LogP contribution in [0.4, 0.5) is 18.3 Å². The summed E-state index contributed by atoms with van der Waals surface area (Å²) in [5.74, 6) is 0. The van der Waals surface area contributed by atoms with Gasteiger partial charge in [-0.05, 0) is 6.92 Å². The Morgan fingerprint density at radius 2 is 2.00 bits per heavy atom. The molecule has 0 aliphatic heterocycles. The fourth-order valence-corrected chi connectivity index (χ4v) is 2.15. The van der Waals surface area contributed by atoms with Gasteiger partial charge < -0.3 is 10.6 Å². The molecule has 0 fully saturated rings. The first-order chi connectivity index (χ1) is 7.21. The van der Waals surface area contributed by atoms with Crippen LogP contribution in [0.5, 0.6) is 0 Å². The highest BCUT2D eigenvalue weighted by Gasteiger charge is 2.37. The Morgan fingerprint density at radius 3 is 2.38 bits per heavy atom. The van der Waals surface area contributed by atoms with Crippen molar-refractivity contribution in [2.75, 3.05) is 19.0 Å². The van der Waals surface area contributed by atoms with Crippen LogP contribution in [0.1, 0.15) is 10.6 Å². The summed E-state index contributed by atoms with van der Waals surface area (Å²) in [5.41, 5.74) is 5.70. The molecule has 0 bridgehead atoms. The monoisotopic (exact) mass is 253 g/mol. The Hall–Kier alpha value is -0.820. The van der Waals surface area contributed by atoms with Crippen molar-refractivity contribution in [1.82, 2.24) is 4.98 Å². The lowest BCUT2D eigenvalue weighted by molar-refractivity contribution is -0.147. The number of rotatable bonds is 3. The minimum Gasteiger partial charge on any atom is -0.354 e. The lowest BCUT2D eigenvalue weighted by Gasteiger charge is -2.14. The standard InChI is InChI=1S/C9H14F3N3S/c1-5-6(4-7(13)9(10,11)12)16-8(14-5)15(2)3/h7H,4,13H2,1-3H3. The number of halogens is 3. The van der Waals surface area contributed by atoms with Crippen molar-refractivity contribution in [3.05, 3.63) is 10.6 Å². The third-order valence-corrected chi connectivity index (χ3v) is 3.44. The van der Waals surface area contributed by atoms with Crippen LogP contribution < -0.4 is 10.6 Å². The van der Waals surface area contributed by atoms with Gasteiger partial charge in [0, 0.05) is 25.4 Å². The summed E-state index contributed by atoms with van der Waals surface area (Å²) in [6, 6.07) is -1.82. The third kappa shape index (κ3) is 3.08. The van der Waals surface area contributed by atoms with Gasteiger partial charge in [0.1, 0.15) is 6.04 Å². The molecular weight excluding hydrogens is 239 g/mol. The lowest BCUT2D eigenvalue weighted by atomic mass is 10.2. The third-order valence-electron chi connectivity index (χ3n) is 2.09. The number of thiazole rings is 1. The molecule has 0 saturated heterocycles. The Labute approximate surface area is 96.1 Å². The fourth-order valence-electron chi connectivity index (χ4n) is 1.11. The first-order valence-electron chi connectivity index (χ1n) is 4.67. The van der Waals surface area contributed by atoms with Crippen LogP contribution in [0.3, 0.4) is 0 Å². The molecule has 7 heteroatoms. The average Bonchev–Trinajstić information content (AvgIpc) is 2.46. The van der Waals surface area contributed by atoms with E-state index < -0.39 is 12.2 Å². The largest absolute Gasteiger partial charge is 0.403 e. The molecule has 2 N–H and O–H groups in total. The number of nitrogens with two attached hydrogens (primary N) is 1. The summed E-state index contributed by atoms with van der Waals surface area (Å²) in [6.07, 6.45) is -4.56. The van der Waals surface area contributed by atoms with Crippen molar-refractivity contribution < 1.29 is 13.2 Å². The van der Waals surface area contributed by atoms with Gasteiger partial charge in [0.25, 0.3) is 0 Å². The maximum Gasteiger partial charge on any atom is 0.403 e. The Kier molecular flexibility index (Phi) is 3.80. The Bertz CT molecular complexity index is 359. The zero-order valence-electron chi connectivity index (χ0n) is 9.30. The van der Waals surface area contributed by atoms with E-state index >= 15 is 0 Å². The molecule has 0 amide bonds. The van der Waals surface area contributed by atoms with Gasteiger partial charge in [0.2, 0.25) is 0 Å². The van der Waals surface area contributed by atoms with Crippen LogP contribution in [0, 0.1) is 6.92 Å². The molecule has 0 aliphatic carbocycles. The van der Waals surface area contributed by atoms with Crippen molar-refractivity contribution in [1.29, 1.82) is 0 Å². The van der Waals surface area contributed by atoms with E-state index in [0.717, 1.165) is 0 Å². The molecule has 0 aromatic carbocycles.